The molecule has 2 aliphatic carbocycles. The van der Waals surface area contributed by atoms with Gasteiger partial charge in [-0.1, -0.05) is 18.2 Å². The largest absolute Gasteiger partial charge is 0.497 e. The van der Waals surface area contributed by atoms with Crippen molar-refractivity contribution in [2.75, 3.05) is 32.2 Å². The quantitative estimate of drug-likeness (QED) is 0.0789. The number of ether oxygens (including phenoxy) is 4. The molecule has 2 aromatic heterocycles. The van der Waals surface area contributed by atoms with Crippen LogP contribution in [-0.4, -0.2) is 93.7 Å². The Labute approximate surface area is 375 Å². The van der Waals surface area contributed by atoms with Crippen LogP contribution in [0.25, 0.3) is 22.3 Å². The van der Waals surface area contributed by atoms with Crippen LogP contribution in [0.15, 0.2) is 60.0 Å². The van der Waals surface area contributed by atoms with E-state index in [1.54, 1.807) is 25.3 Å². The maximum Gasteiger partial charge on any atom is 0.306 e. The molecule has 4 aromatic rings. The smallest absolute Gasteiger partial charge is 0.306 e. The molecule has 0 spiro atoms. The number of methoxy groups -OCH3 is 1. The summed E-state index contributed by atoms with van der Waals surface area (Å²) in [4.78, 5) is 66.1. The highest BCUT2D eigenvalue weighted by Crippen LogP contribution is 2.74. The highest BCUT2D eigenvalue weighted by molar-refractivity contribution is 7.59. The summed E-state index contributed by atoms with van der Waals surface area (Å²) in [5.41, 5.74) is 1.20. The Morgan fingerprint density at radius 2 is 1.86 bits per heavy atom. The molecule has 3 fully saturated rings. The number of carbonyl (C=O) groups excluding carboxylic acids is 3. The number of fused-ring (bicyclic) bond motifs is 3. The Balaban J connectivity index is 1.14. The Kier molecular flexibility index (Phi) is 13.9. The number of esters is 1. The topological polar surface area (TPSA) is 166 Å². The van der Waals surface area contributed by atoms with Gasteiger partial charge in [-0.25, -0.2) is 18.7 Å². The van der Waals surface area contributed by atoms with Gasteiger partial charge in [0.25, 0.3) is 0 Å². The minimum absolute atomic E-state index is 0.0212. The molecule has 342 valence electrons. The van der Waals surface area contributed by atoms with Crippen molar-refractivity contribution in [2.24, 2.45) is 11.8 Å². The zero-order chi connectivity index (χ0) is 45.2. The molecular formula is C47H55F2N4O9PS. The van der Waals surface area contributed by atoms with Gasteiger partial charge in [-0.2, -0.15) is 0 Å². The molecule has 0 radical (unpaired) electrons. The molecular weight excluding hydrogens is 866 g/mol. The van der Waals surface area contributed by atoms with Crippen molar-refractivity contribution in [2.45, 2.75) is 114 Å². The number of allylic oxidation sites excluding steroid dienone is 2. The van der Waals surface area contributed by atoms with E-state index in [0.29, 0.717) is 46.6 Å². The number of pyridine rings is 1. The van der Waals surface area contributed by atoms with Crippen molar-refractivity contribution in [3.8, 4) is 22.9 Å². The van der Waals surface area contributed by atoms with E-state index in [9.17, 15) is 32.6 Å². The molecule has 64 heavy (non-hydrogen) atoms. The predicted molar refractivity (Wildman–Crippen MR) is 239 cm³/mol. The number of carbonyl (C=O) groups is 3. The predicted octanol–water partition coefficient (Wildman–Crippen LogP) is 8.86. The van der Waals surface area contributed by atoms with Crippen LogP contribution in [0.2, 0.25) is 0 Å². The molecule has 13 nitrogen and oxygen atoms in total. The Bertz CT molecular complexity index is 2440. The van der Waals surface area contributed by atoms with Gasteiger partial charge in [-0.3, -0.25) is 18.9 Å². The summed E-state index contributed by atoms with van der Waals surface area (Å²) in [5, 5.41) is 5.06. The van der Waals surface area contributed by atoms with Crippen LogP contribution in [-0.2, 0) is 34.6 Å². The van der Waals surface area contributed by atoms with Crippen LogP contribution < -0.4 is 14.8 Å². The Morgan fingerprint density at radius 3 is 2.61 bits per heavy atom. The second-order valence-corrected chi connectivity index (χ2v) is 21.2. The third-order valence-corrected chi connectivity index (χ3v) is 16.4. The minimum atomic E-state index is -4.49. The molecule has 2 aromatic carbocycles. The lowest BCUT2D eigenvalue weighted by atomic mass is 10.00. The number of halogens is 2. The molecule has 2 saturated carbocycles. The van der Waals surface area contributed by atoms with Gasteiger partial charge in [-0.05, 0) is 89.0 Å². The standard InChI is InChI=1S/C47H55F2N4O9PS/c1-28(2)50-46-52-40(27-64-46)39-21-43(34-16-15-32(59-3)19-38(34)51-39)61-33-20-41-42(54)23-47(63(57,58)26-35-36(48)13-9-14-37(35)49)22-30(47)10-5-4-8-17-60-25-29(45(56)53(41)24-33)18-44(55)62-31-11-6-7-12-31/h5,9-10,13-16,19,21,27-31,33,41H,4,6-8,11-12,17-18,20,22-26H2,1-3H3,(H,50,52)(H,57,58)/b10-5-/t29-,30+,33+,41-,47+/m0/s1. The summed E-state index contributed by atoms with van der Waals surface area (Å²) in [7, 11) is -2.93. The van der Waals surface area contributed by atoms with Crippen molar-refractivity contribution in [1.29, 1.82) is 0 Å². The van der Waals surface area contributed by atoms with E-state index >= 15 is 0 Å². The first-order chi connectivity index (χ1) is 30.7. The molecule has 4 heterocycles. The van der Waals surface area contributed by atoms with E-state index in [-0.39, 0.29) is 51.2 Å². The van der Waals surface area contributed by atoms with E-state index < -0.39 is 83.9 Å². The van der Waals surface area contributed by atoms with Crippen molar-refractivity contribution in [3.05, 3.63) is 77.2 Å². The van der Waals surface area contributed by atoms with Gasteiger partial charge < -0.3 is 34.1 Å². The van der Waals surface area contributed by atoms with Gasteiger partial charge in [-0.15, -0.1) is 11.3 Å². The summed E-state index contributed by atoms with van der Waals surface area (Å²) in [6.45, 7) is 4.18. The number of rotatable bonds is 12. The molecule has 0 bridgehead atoms. The molecule has 1 amide bonds. The number of nitrogens with zero attached hydrogens (tertiary/aromatic N) is 3. The monoisotopic (exact) mass is 920 g/mol. The average molecular weight is 921 g/mol. The zero-order valence-electron chi connectivity index (χ0n) is 36.3. The summed E-state index contributed by atoms with van der Waals surface area (Å²) in [6.07, 6.45) is 5.94. The first-order valence-electron chi connectivity index (χ1n) is 22.1. The van der Waals surface area contributed by atoms with Gasteiger partial charge in [0, 0.05) is 54.0 Å². The molecule has 1 saturated heterocycles. The Hall–Kier alpha value is -4.76. The van der Waals surface area contributed by atoms with Crippen LogP contribution in [0.1, 0.15) is 83.6 Å². The lowest BCUT2D eigenvalue weighted by Gasteiger charge is -2.30. The van der Waals surface area contributed by atoms with Crippen LogP contribution in [0, 0.1) is 23.5 Å². The van der Waals surface area contributed by atoms with Crippen molar-refractivity contribution < 1.29 is 51.6 Å². The molecule has 2 N–H and O–H groups in total. The molecule has 1 unspecified atom stereocenters. The fraction of sp³-hybridized carbons (Fsp3) is 0.511. The second-order valence-electron chi connectivity index (χ2n) is 17.8. The van der Waals surface area contributed by atoms with E-state index in [1.165, 1.54) is 22.3 Å². The number of anilines is 1. The van der Waals surface area contributed by atoms with E-state index in [2.05, 4.69) is 5.32 Å². The Morgan fingerprint density at radius 1 is 1.08 bits per heavy atom. The van der Waals surface area contributed by atoms with Gasteiger partial charge in [0.05, 0.1) is 61.2 Å². The van der Waals surface area contributed by atoms with Crippen LogP contribution >= 0.6 is 18.7 Å². The number of nitrogens with one attached hydrogen (secondary N) is 1. The lowest BCUT2D eigenvalue weighted by Crippen LogP contribution is -2.46. The molecule has 6 atom stereocenters. The van der Waals surface area contributed by atoms with Gasteiger partial charge in [0.2, 0.25) is 13.3 Å². The molecule has 2 aliphatic heterocycles. The second kappa shape index (κ2) is 19.4. The first-order valence-corrected chi connectivity index (χ1v) is 24.9. The van der Waals surface area contributed by atoms with Gasteiger partial charge in [0.1, 0.15) is 41.0 Å². The number of Topliss-reactive ketones (excluding diaryl/α,β-unsaturated/α-hetero) is 1. The highest BCUT2D eigenvalue weighted by atomic mass is 32.1. The third kappa shape index (κ3) is 10.0. The van der Waals surface area contributed by atoms with Crippen molar-refractivity contribution >= 4 is 52.4 Å². The summed E-state index contributed by atoms with van der Waals surface area (Å²) < 4.78 is 68.6. The average Bonchev–Trinajstić information content (AvgIpc) is 3.67. The fourth-order valence-corrected chi connectivity index (χ4v) is 12.7. The van der Waals surface area contributed by atoms with Crippen LogP contribution in [0.5, 0.6) is 11.5 Å². The van der Waals surface area contributed by atoms with E-state index in [0.717, 1.165) is 42.9 Å². The number of thiazole rings is 1. The highest BCUT2D eigenvalue weighted by Gasteiger charge is 2.65. The molecule has 8 rings (SSSR count). The SMILES string of the molecule is COc1ccc2c(O[C@@H]3C[C@H]4C(=O)C[C@]5(P(=O)(O)Cc6c(F)cccc6F)C[C@H]5/C=C\CCCOC[C@H](CC(=O)OC5CCCC5)C(=O)N4C3)cc(-c3csc(NC(C)C)n3)nc2c1. The fourth-order valence-electron chi connectivity index (χ4n) is 9.30. The number of hydrogen-bond acceptors (Lipinski definition) is 12. The number of hydrogen-bond donors (Lipinski definition) is 2. The number of ketones is 1. The third-order valence-electron chi connectivity index (χ3n) is 12.8. The molecule has 4 aliphatic rings. The van der Waals surface area contributed by atoms with Gasteiger partial charge >= 0.3 is 5.97 Å². The summed E-state index contributed by atoms with van der Waals surface area (Å²) >= 11 is 1.44. The summed E-state index contributed by atoms with van der Waals surface area (Å²) in [5.74, 6) is -3.91. The minimum Gasteiger partial charge on any atom is -0.497 e. The van der Waals surface area contributed by atoms with E-state index in [1.807, 2.05) is 37.4 Å². The number of benzene rings is 2. The first kappa shape index (κ1) is 45.8. The maximum absolute atomic E-state index is 15.0. The zero-order valence-corrected chi connectivity index (χ0v) is 38.0. The number of aromatic nitrogens is 2. The molecule has 17 heteroatoms. The lowest BCUT2D eigenvalue weighted by molar-refractivity contribution is -0.155. The maximum atomic E-state index is 15.0. The van der Waals surface area contributed by atoms with Crippen LogP contribution in [0.4, 0.5) is 13.9 Å². The van der Waals surface area contributed by atoms with E-state index in [4.69, 9.17) is 28.9 Å². The van der Waals surface area contributed by atoms with Crippen molar-refractivity contribution in [3.63, 3.8) is 0 Å². The van der Waals surface area contributed by atoms with Crippen molar-refractivity contribution in [1.82, 2.24) is 14.9 Å². The normalized spacial score (nSPS) is 25.8. The van der Waals surface area contributed by atoms with Gasteiger partial charge in [0.15, 0.2) is 10.9 Å². The van der Waals surface area contributed by atoms with Crippen LogP contribution in [0.3, 0.4) is 0 Å². The number of amides is 1. The summed E-state index contributed by atoms with van der Waals surface area (Å²) in [6, 6.07) is 9.46.